The van der Waals surface area contributed by atoms with Crippen LogP contribution in [0.2, 0.25) is 0 Å². The first-order chi connectivity index (χ1) is 17.7. The van der Waals surface area contributed by atoms with Gasteiger partial charge >= 0.3 is 6.18 Å². The standard InChI is InChI=1S/C25H34F3N5O3S/c26-25(27,28)21-13-18(6-9-30-21)31-14-22-33(15-20(37-22)23(29)34)19(12-16-4-2-1-3-5-16)24(35)32-17-7-10-36-11-8-17/h6,9,13,15-17,19,22H,1-5,7-8,10-12,14H2,(H2,29,34)(H,30,31)(H,32,35). The number of nitrogens with one attached hydrogen (secondary N) is 2. The topological polar surface area (TPSA) is 110 Å². The van der Waals surface area contributed by atoms with Crippen LogP contribution in [0.25, 0.3) is 0 Å². The second kappa shape index (κ2) is 12.4. The first-order valence-electron chi connectivity index (χ1n) is 12.8. The molecule has 204 valence electrons. The Kier molecular flexibility index (Phi) is 9.22. The molecule has 0 bridgehead atoms. The van der Waals surface area contributed by atoms with Gasteiger partial charge in [0.15, 0.2) is 0 Å². The van der Waals surface area contributed by atoms with Crippen LogP contribution in [0.5, 0.6) is 0 Å². The SMILES string of the molecule is NC(=O)C1=CN(C(CC2CCCCC2)C(=O)NC2CCOCC2)C(CNc2ccnc(C(F)(F)F)c2)S1. The predicted molar refractivity (Wildman–Crippen MR) is 135 cm³/mol. The Bertz CT molecular complexity index is 981. The molecule has 0 aromatic carbocycles. The number of rotatable bonds is 9. The number of carbonyl (C=O) groups excluding carboxylic acids is 2. The zero-order chi connectivity index (χ0) is 26.4. The van der Waals surface area contributed by atoms with E-state index in [0.717, 1.165) is 50.8 Å². The molecule has 0 radical (unpaired) electrons. The zero-order valence-electron chi connectivity index (χ0n) is 20.6. The number of hydrogen-bond acceptors (Lipinski definition) is 7. The van der Waals surface area contributed by atoms with Crippen molar-refractivity contribution in [2.45, 2.75) is 75.0 Å². The van der Waals surface area contributed by atoms with Gasteiger partial charge in [-0.05, 0) is 37.3 Å². The van der Waals surface area contributed by atoms with E-state index in [-0.39, 0.29) is 24.2 Å². The predicted octanol–water partition coefficient (Wildman–Crippen LogP) is 3.85. The number of aromatic nitrogens is 1. The summed E-state index contributed by atoms with van der Waals surface area (Å²) in [4.78, 5) is 31.3. The molecule has 3 heterocycles. The lowest BCUT2D eigenvalue weighted by Gasteiger charge is -2.36. The third-order valence-electron chi connectivity index (χ3n) is 7.15. The third-order valence-corrected chi connectivity index (χ3v) is 8.39. The Morgan fingerprint density at radius 2 is 1.92 bits per heavy atom. The van der Waals surface area contributed by atoms with Crippen LogP contribution in [0, 0.1) is 5.92 Å². The summed E-state index contributed by atoms with van der Waals surface area (Å²) in [7, 11) is 0. The summed E-state index contributed by atoms with van der Waals surface area (Å²) < 4.78 is 44.7. The van der Waals surface area contributed by atoms with E-state index in [2.05, 4.69) is 15.6 Å². The smallest absolute Gasteiger partial charge is 0.382 e. The van der Waals surface area contributed by atoms with Gasteiger partial charge in [0.2, 0.25) is 5.91 Å². The third kappa shape index (κ3) is 7.53. The second-order valence-corrected chi connectivity index (χ2v) is 11.1. The zero-order valence-corrected chi connectivity index (χ0v) is 21.5. The molecule has 37 heavy (non-hydrogen) atoms. The van der Waals surface area contributed by atoms with Crippen LogP contribution in [-0.2, 0) is 20.5 Å². The first-order valence-corrected chi connectivity index (χ1v) is 13.7. The van der Waals surface area contributed by atoms with E-state index < -0.39 is 29.2 Å². The molecule has 1 saturated heterocycles. The van der Waals surface area contributed by atoms with Crippen LogP contribution in [0.4, 0.5) is 18.9 Å². The molecule has 2 aliphatic heterocycles. The molecule has 2 atom stereocenters. The maximum atomic E-state index is 13.6. The van der Waals surface area contributed by atoms with Crippen LogP contribution >= 0.6 is 11.8 Å². The van der Waals surface area contributed by atoms with E-state index in [1.54, 1.807) is 6.20 Å². The minimum Gasteiger partial charge on any atom is -0.382 e. The molecule has 1 aromatic rings. The van der Waals surface area contributed by atoms with Gasteiger partial charge in [-0.3, -0.25) is 14.6 Å². The van der Waals surface area contributed by atoms with Crippen molar-refractivity contribution in [3.8, 4) is 0 Å². The number of anilines is 1. The largest absolute Gasteiger partial charge is 0.433 e. The van der Waals surface area contributed by atoms with Crippen molar-refractivity contribution in [1.82, 2.24) is 15.2 Å². The summed E-state index contributed by atoms with van der Waals surface area (Å²) >= 11 is 1.22. The van der Waals surface area contributed by atoms with Crippen molar-refractivity contribution in [3.63, 3.8) is 0 Å². The molecular weight excluding hydrogens is 507 g/mol. The molecule has 2 unspecified atom stereocenters. The Morgan fingerprint density at radius 3 is 2.59 bits per heavy atom. The lowest BCUT2D eigenvalue weighted by Crippen LogP contribution is -2.52. The lowest BCUT2D eigenvalue weighted by molar-refractivity contribution is -0.141. The monoisotopic (exact) mass is 541 g/mol. The second-order valence-electron chi connectivity index (χ2n) is 9.84. The van der Waals surface area contributed by atoms with Gasteiger partial charge in [0.25, 0.3) is 5.91 Å². The van der Waals surface area contributed by atoms with Crippen molar-refractivity contribution < 1.29 is 27.5 Å². The van der Waals surface area contributed by atoms with Gasteiger partial charge in [0.1, 0.15) is 11.7 Å². The van der Waals surface area contributed by atoms with Crippen molar-refractivity contribution in [2.75, 3.05) is 25.1 Å². The average molecular weight is 542 g/mol. The molecule has 1 aliphatic carbocycles. The summed E-state index contributed by atoms with van der Waals surface area (Å²) in [5, 5.41) is 5.81. The summed E-state index contributed by atoms with van der Waals surface area (Å²) in [6, 6.07) is 1.91. The van der Waals surface area contributed by atoms with Crippen molar-refractivity contribution in [3.05, 3.63) is 35.1 Å². The van der Waals surface area contributed by atoms with Crippen LogP contribution in [-0.4, -0.2) is 58.9 Å². The Labute approximate surface area is 218 Å². The number of carbonyl (C=O) groups is 2. The van der Waals surface area contributed by atoms with E-state index in [1.165, 1.54) is 24.2 Å². The quantitative estimate of drug-likeness (QED) is 0.436. The minimum absolute atomic E-state index is 0.0270. The Balaban J connectivity index is 1.53. The van der Waals surface area contributed by atoms with Gasteiger partial charge in [0.05, 0.1) is 10.3 Å². The highest BCUT2D eigenvalue weighted by molar-refractivity contribution is 8.04. The highest BCUT2D eigenvalue weighted by Gasteiger charge is 2.38. The van der Waals surface area contributed by atoms with Crippen LogP contribution in [0.3, 0.4) is 0 Å². The van der Waals surface area contributed by atoms with Crippen molar-refractivity contribution in [2.24, 2.45) is 11.7 Å². The highest BCUT2D eigenvalue weighted by atomic mass is 32.2. The van der Waals surface area contributed by atoms with Gasteiger partial charge in [-0.2, -0.15) is 13.2 Å². The first kappa shape index (κ1) is 27.6. The fourth-order valence-corrected chi connectivity index (χ4v) is 6.25. The molecule has 12 heteroatoms. The number of thioether (sulfide) groups is 1. The number of hydrogen-bond donors (Lipinski definition) is 3. The number of nitrogens with two attached hydrogens (primary N) is 1. The molecule has 4 N–H and O–H groups in total. The van der Waals surface area contributed by atoms with E-state index >= 15 is 0 Å². The number of nitrogens with zero attached hydrogens (tertiary/aromatic N) is 2. The number of pyridine rings is 1. The molecule has 1 saturated carbocycles. The van der Waals surface area contributed by atoms with Gasteiger partial charge in [0, 0.05) is 43.9 Å². The lowest BCUT2D eigenvalue weighted by atomic mass is 9.84. The minimum atomic E-state index is -4.56. The molecule has 2 fully saturated rings. The van der Waals surface area contributed by atoms with Gasteiger partial charge in [-0.1, -0.05) is 43.9 Å². The fraction of sp³-hybridized carbons (Fsp3) is 0.640. The maximum absolute atomic E-state index is 13.6. The van der Waals surface area contributed by atoms with E-state index in [4.69, 9.17) is 10.5 Å². The summed E-state index contributed by atoms with van der Waals surface area (Å²) in [5.74, 6) is -0.311. The van der Waals surface area contributed by atoms with E-state index in [9.17, 15) is 22.8 Å². The molecule has 1 aromatic heterocycles. The molecule has 2 amide bonds. The number of halogens is 3. The number of alkyl halides is 3. The van der Waals surface area contributed by atoms with Crippen LogP contribution in [0.15, 0.2) is 29.4 Å². The normalized spacial score (nSPS) is 22.4. The van der Waals surface area contributed by atoms with Crippen molar-refractivity contribution >= 4 is 29.3 Å². The Hall–Kier alpha value is -2.47. The fourth-order valence-electron chi connectivity index (χ4n) is 5.16. The maximum Gasteiger partial charge on any atom is 0.433 e. The van der Waals surface area contributed by atoms with Crippen molar-refractivity contribution in [1.29, 1.82) is 0 Å². The average Bonchev–Trinajstić information content (AvgIpc) is 3.31. The van der Waals surface area contributed by atoms with Gasteiger partial charge in [-0.15, -0.1) is 0 Å². The van der Waals surface area contributed by atoms with Gasteiger partial charge in [-0.25, -0.2) is 0 Å². The highest BCUT2D eigenvalue weighted by Crippen LogP contribution is 2.38. The van der Waals surface area contributed by atoms with Crippen LogP contribution in [0.1, 0.15) is 57.1 Å². The summed E-state index contributed by atoms with van der Waals surface area (Å²) in [5.41, 5.74) is 4.85. The van der Waals surface area contributed by atoms with Crippen LogP contribution < -0.4 is 16.4 Å². The summed E-state index contributed by atoms with van der Waals surface area (Å²) in [6.07, 6.45) is 5.87. The number of primary amides is 1. The Morgan fingerprint density at radius 1 is 1.19 bits per heavy atom. The van der Waals surface area contributed by atoms with Gasteiger partial charge < -0.3 is 26.0 Å². The van der Waals surface area contributed by atoms with E-state index in [0.29, 0.717) is 30.5 Å². The summed E-state index contributed by atoms with van der Waals surface area (Å²) in [6.45, 7) is 1.40. The number of ether oxygens (including phenoxy) is 1. The molecular formula is C25H34F3N5O3S. The van der Waals surface area contributed by atoms with E-state index in [1.807, 2.05) is 4.90 Å². The molecule has 8 nitrogen and oxygen atoms in total. The number of amides is 2. The molecule has 3 aliphatic rings. The molecule has 4 rings (SSSR count). The molecule has 0 spiro atoms.